The van der Waals surface area contributed by atoms with Crippen molar-refractivity contribution in [2.24, 2.45) is 5.73 Å². The molecule has 7 rings (SSSR count). The molecule has 0 aromatic heterocycles. The summed E-state index contributed by atoms with van der Waals surface area (Å²) in [5, 5.41) is 60.6. The maximum Gasteiger partial charge on any atom is 0.318 e. The van der Waals surface area contributed by atoms with E-state index < -0.39 is 15.8 Å². The summed E-state index contributed by atoms with van der Waals surface area (Å²) >= 11 is 11.1. The molecule has 0 fully saturated rings. The van der Waals surface area contributed by atoms with Gasteiger partial charge in [0.2, 0.25) is 11.1 Å². The van der Waals surface area contributed by atoms with Gasteiger partial charge in [-0.3, -0.25) is 68.8 Å². The number of carbonyl (C=O) groups excluding carboxylic acids is 9. The maximum atomic E-state index is 11.0. The van der Waals surface area contributed by atoms with Crippen LogP contribution in [0, 0.1) is 25.6 Å². The summed E-state index contributed by atoms with van der Waals surface area (Å²) in [7, 11) is 3.30. The van der Waals surface area contributed by atoms with Gasteiger partial charge in [-0.2, -0.15) is 0 Å². The number of thiocarbonyl (C=S) groups is 1. The molecule has 0 aliphatic heterocycles. The molecule has 0 heterocycles. The van der Waals surface area contributed by atoms with E-state index in [0.717, 1.165) is 57.4 Å². The number of nitrogens with zero attached hydrogens (tertiary/aromatic N) is 2. The van der Waals surface area contributed by atoms with Crippen molar-refractivity contribution in [1.29, 1.82) is 5.41 Å². The van der Waals surface area contributed by atoms with Gasteiger partial charge in [-0.25, -0.2) is 4.79 Å². The number of halogens is 1. The number of aliphatic hydroxyl groups is 1. The summed E-state index contributed by atoms with van der Waals surface area (Å²) in [6.07, 6.45) is 1.81. The average Bonchev–Trinajstić information content (AvgIpc) is 0.935. The van der Waals surface area contributed by atoms with Gasteiger partial charge >= 0.3 is 41.8 Å². The van der Waals surface area contributed by atoms with Gasteiger partial charge in [0.25, 0.3) is 17.3 Å². The number of nitrogens with one attached hydrogen (secondary N) is 7. The Hall–Kier alpha value is -12.4. The fourth-order valence-electron chi connectivity index (χ4n) is 6.76. The number of carbonyl (C=O) groups is 10. The van der Waals surface area contributed by atoms with Crippen molar-refractivity contribution >= 4 is 145 Å². The van der Waals surface area contributed by atoms with Crippen molar-refractivity contribution in [1.82, 2.24) is 10.6 Å². The molecule has 0 radical (unpaired) electrons. The second-order valence-corrected chi connectivity index (χ2v) is 23.9. The van der Waals surface area contributed by atoms with Crippen LogP contribution in [0.4, 0.5) is 44.6 Å². The van der Waals surface area contributed by atoms with E-state index in [2.05, 4.69) is 43.5 Å². The quantitative estimate of drug-likeness (QED) is 0.00322. The number of urea groups is 1. The molecule has 1 unspecified atom stereocenters. The Kier molecular flexibility index (Phi) is 57.8. The number of carboxylic acids is 1. The molecule has 3 amide bonds. The molecule has 0 saturated carbocycles. The highest BCUT2D eigenvalue weighted by Crippen LogP contribution is 2.17. The van der Waals surface area contributed by atoms with Crippen molar-refractivity contribution in [2.75, 3.05) is 47.4 Å². The molecule has 0 aliphatic rings. The Morgan fingerprint density at radius 1 is 0.464 bits per heavy atom. The number of nitrogen functional groups attached to an aromatic ring is 1. The number of carboxylic acid groups (broad SMARTS) is 1. The molecule has 0 saturated heterocycles. The molecule has 1 atom stereocenters. The fraction of sp³-hybridized carbons (Fsp3) is 0.289. The number of nitro benzene ring substituents is 2. The predicted octanol–water partition coefficient (Wildman–Crippen LogP) is 12.6. The molecular formula is C76H98ClN11O22S2. The summed E-state index contributed by atoms with van der Waals surface area (Å²) in [6, 6.07) is 47.9. The number of rotatable bonds is 20. The van der Waals surface area contributed by atoms with E-state index in [0.29, 0.717) is 46.9 Å². The summed E-state index contributed by atoms with van der Waals surface area (Å²) in [6.45, 7) is 17.2. The van der Waals surface area contributed by atoms with Crippen molar-refractivity contribution in [2.45, 2.75) is 129 Å². The van der Waals surface area contributed by atoms with Crippen LogP contribution in [0.2, 0.25) is 0 Å². The Labute approximate surface area is 664 Å². The van der Waals surface area contributed by atoms with Gasteiger partial charge in [-0.15, -0.1) is 11.8 Å². The van der Waals surface area contributed by atoms with Gasteiger partial charge in [0.1, 0.15) is 39.6 Å². The minimum Gasteiger partial charge on any atom is -0.481 e. The standard InChI is InChI=1S/C11H14N2O3.C11H14N2O2S.C11H16N2O2.C11H13NO3.C9H9NO4.C9H11NO2.C7H7NO3.C3H7NS.C2H3ClO.C2H4O2/c1-8(14)16-7-9-3-5-10(6-4-9)13-11(15)12-2;1-8(14)15-7-9-3-5-10(6-4-9)13-11(16)12-2;1-8(12)13-11-5-3-10(4-6-11)7-15-9(2)14;1-8(13)12-11-5-3-10(4-6-11)7-15-9(2)14;1-7(11)14-6-8-2-4-9(5-3-8)10(12)13;1-7(11)12-6-8-2-4-9(10)5-3-8;9-5-6-1-3-7(4-2-6)8(10)11;1-3(4)5-2;2*1-2(3)4/h3-6H,7H2,1-2H3,(H2,12,13,15);3-6H,7H2,1-2H3,(H2,12,13,16);3-6,8,13H,7,12H2,1-2H3;3-6H,7H2,1-2H3,(H,12,13);2-5H,6H2,1H3;2-5H,6,10H2,1H3;1-4,9H,5H2;4H,1-2H3;1H3;1H3,(H,3,4). The zero-order valence-corrected chi connectivity index (χ0v) is 66.9. The number of hydrogen-bond acceptors (Lipinski definition) is 27. The number of hydrogen-bond donors (Lipinski definition) is 11. The number of amides is 3. The first kappa shape index (κ1) is 104. The third-order valence-corrected chi connectivity index (χ3v) is 12.8. The first-order chi connectivity index (χ1) is 52.6. The van der Waals surface area contributed by atoms with Crippen LogP contribution in [0.15, 0.2) is 170 Å². The summed E-state index contributed by atoms with van der Waals surface area (Å²) in [5.41, 5.74) is 21.1. The lowest BCUT2D eigenvalue weighted by Gasteiger charge is -2.10. The largest absolute Gasteiger partial charge is 0.481 e. The van der Waals surface area contributed by atoms with Crippen LogP contribution >= 0.6 is 35.6 Å². The lowest BCUT2D eigenvalue weighted by atomic mass is 10.2. The molecule has 0 spiro atoms. The molecule has 112 heavy (non-hydrogen) atoms. The van der Waals surface area contributed by atoms with Crippen molar-refractivity contribution < 1.29 is 96.4 Å². The van der Waals surface area contributed by atoms with Crippen LogP contribution in [-0.2, 0) is 118 Å². The number of nitrogens with two attached hydrogens (primary N) is 2. The number of anilines is 5. The normalized spacial score (nSPS) is 9.47. The summed E-state index contributed by atoms with van der Waals surface area (Å²) < 4.78 is 28.9. The first-order valence-electron chi connectivity index (χ1n) is 32.9. The molecule has 608 valence electrons. The van der Waals surface area contributed by atoms with E-state index in [1.165, 1.54) is 104 Å². The number of ether oxygens (including phenoxy) is 6. The predicted molar refractivity (Wildman–Crippen MR) is 433 cm³/mol. The molecular weight excluding hydrogens is 1520 g/mol. The number of aliphatic carboxylic acids is 1. The lowest BCUT2D eigenvalue weighted by Crippen LogP contribution is -2.25. The zero-order chi connectivity index (χ0) is 85.7. The van der Waals surface area contributed by atoms with E-state index in [4.69, 9.17) is 72.5 Å². The van der Waals surface area contributed by atoms with Gasteiger partial charge in [-0.05, 0) is 168 Å². The van der Waals surface area contributed by atoms with Crippen LogP contribution in [-0.4, -0.2) is 116 Å². The minimum absolute atomic E-state index is 0.0246. The van der Waals surface area contributed by atoms with Gasteiger partial charge in [0.05, 0.1) is 27.7 Å². The molecule has 7 aromatic rings. The third kappa shape index (κ3) is 63.6. The second kappa shape index (κ2) is 62.5. The zero-order valence-electron chi connectivity index (χ0n) is 64.5. The molecule has 13 N–H and O–H groups in total. The third-order valence-electron chi connectivity index (χ3n) is 11.9. The summed E-state index contributed by atoms with van der Waals surface area (Å²) in [5.74, 6) is -2.75. The highest BCUT2D eigenvalue weighted by Gasteiger charge is 2.07. The molecule has 0 bridgehead atoms. The number of nitro groups is 2. The van der Waals surface area contributed by atoms with Crippen molar-refractivity contribution in [3.05, 3.63) is 229 Å². The van der Waals surface area contributed by atoms with Crippen LogP contribution in [0.1, 0.15) is 115 Å². The van der Waals surface area contributed by atoms with Crippen molar-refractivity contribution in [3.63, 3.8) is 0 Å². The highest BCUT2D eigenvalue weighted by molar-refractivity contribution is 8.13. The van der Waals surface area contributed by atoms with E-state index >= 15 is 0 Å². The topological polar surface area (TPSA) is 501 Å². The Balaban J connectivity index is -0.00000121. The average molecular weight is 1620 g/mol. The number of benzene rings is 7. The van der Waals surface area contributed by atoms with Gasteiger partial charge < -0.3 is 82.0 Å². The monoisotopic (exact) mass is 1620 g/mol. The second-order valence-electron chi connectivity index (χ2n) is 22.0. The van der Waals surface area contributed by atoms with Crippen LogP contribution < -0.4 is 43.4 Å². The molecule has 33 nitrogen and oxygen atoms in total. The minimum atomic E-state index is -0.833. The smallest absolute Gasteiger partial charge is 0.318 e. The Morgan fingerprint density at radius 3 is 0.911 bits per heavy atom. The van der Waals surface area contributed by atoms with Crippen molar-refractivity contribution in [3.8, 4) is 0 Å². The summed E-state index contributed by atoms with van der Waals surface area (Å²) in [4.78, 5) is 123. The molecule has 36 heteroatoms. The number of thioether (sulfide) groups is 1. The fourth-order valence-corrected chi connectivity index (χ4v) is 6.88. The first-order valence-corrected chi connectivity index (χ1v) is 34.9. The van der Waals surface area contributed by atoms with E-state index in [9.17, 15) is 63.4 Å². The molecule has 0 aliphatic carbocycles. The number of esters is 6. The Bertz CT molecular complexity index is 3920. The number of non-ortho nitro benzene ring substituents is 2. The Morgan fingerprint density at radius 2 is 0.696 bits per heavy atom. The molecule has 7 aromatic carbocycles. The van der Waals surface area contributed by atoms with Crippen LogP contribution in [0.3, 0.4) is 0 Å². The van der Waals surface area contributed by atoms with Gasteiger partial charge in [-0.1, -0.05) is 60.7 Å². The van der Waals surface area contributed by atoms with Crippen LogP contribution in [0.25, 0.3) is 0 Å². The van der Waals surface area contributed by atoms with E-state index in [1.54, 1.807) is 93.8 Å². The van der Waals surface area contributed by atoms with Gasteiger partial charge in [0.15, 0.2) is 5.11 Å². The maximum absolute atomic E-state index is 11.0. The van der Waals surface area contributed by atoms with E-state index in [1.807, 2.05) is 73.8 Å². The van der Waals surface area contributed by atoms with Gasteiger partial charge in [0, 0.05) is 129 Å². The lowest BCUT2D eigenvalue weighted by molar-refractivity contribution is -0.385. The number of aliphatic hydroxyl groups excluding tert-OH is 1. The highest BCUT2D eigenvalue weighted by atomic mass is 35.5. The van der Waals surface area contributed by atoms with Crippen LogP contribution in [0.5, 0.6) is 0 Å². The van der Waals surface area contributed by atoms with E-state index in [-0.39, 0.29) is 97.0 Å². The SMILES string of the molecule is CC(=O)Cl.CC(=O)Nc1ccc(COC(C)=O)cc1.CC(=O)O.CC(=O)OCc1ccc(N)cc1.CC(=O)OCc1ccc(NC(C)N)cc1.CC(=O)OCc1ccc([N+](=O)[O-])cc1.CNC(=O)Nc1ccc(COC(C)=O)cc1.CNC(=S)Nc1ccc(COC(C)=O)cc1.CSC(C)=N.O=[N+]([O-])c1ccc(CO)cc1.